The average molecular weight is 461 g/mol. The number of ether oxygens (including phenoxy) is 2. The van der Waals surface area contributed by atoms with Crippen molar-refractivity contribution in [1.29, 1.82) is 0 Å². The van der Waals surface area contributed by atoms with E-state index in [4.69, 9.17) is 15.6 Å². The van der Waals surface area contributed by atoms with Gasteiger partial charge in [-0.15, -0.1) is 0 Å². The molecule has 0 saturated carbocycles. The minimum absolute atomic E-state index is 0.682. The number of rotatable bonds is 2. The first-order chi connectivity index (χ1) is 12.7. The number of halogens is 1. The van der Waals surface area contributed by atoms with Gasteiger partial charge in [-0.25, -0.2) is 0 Å². The Labute approximate surface area is 161 Å². The zero-order chi connectivity index (χ0) is 17.8. The molecule has 0 radical (unpaired) electrons. The van der Waals surface area contributed by atoms with E-state index in [1.165, 1.54) is 0 Å². The summed E-state index contributed by atoms with van der Waals surface area (Å²) in [4.78, 5) is 0. The molecule has 0 bridgehead atoms. The van der Waals surface area contributed by atoms with Crippen molar-refractivity contribution in [3.8, 4) is 23.0 Å². The molecular weight excluding hydrogens is 445 g/mol. The Balaban J connectivity index is 1.94. The molecule has 2 heterocycles. The van der Waals surface area contributed by atoms with Crippen molar-refractivity contribution in [3.05, 3.63) is 42.6 Å². The van der Waals surface area contributed by atoms with Gasteiger partial charge in [-0.1, -0.05) is 0 Å². The van der Waals surface area contributed by atoms with Crippen molar-refractivity contribution in [3.63, 3.8) is 0 Å². The van der Waals surface area contributed by atoms with Gasteiger partial charge in [0.25, 0.3) is 0 Å². The van der Waals surface area contributed by atoms with Gasteiger partial charge in [0.05, 0.1) is 0 Å². The van der Waals surface area contributed by atoms with Crippen LogP contribution in [0.25, 0.3) is 32.4 Å². The molecule has 0 spiro atoms. The maximum absolute atomic E-state index is 5.69. The predicted molar refractivity (Wildman–Crippen MR) is 94.5 cm³/mol. The summed E-state index contributed by atoms with van der Waals surface area (Å²) in [7, 11) is 5.38. The maximum atomic E-state index is 5.69. The Kier molecular flexibility index (Phi) is 3.49. The molecule has 0 aliphatic carbocycles. The minimum atomic E-state index is -0.682. The van der Waals surface area contributed by atoms with Crippen LogP contribution in [0.4, 0.5) is 0 Å². The molecule has 0 amide bonds. The molecule has 0 fully saturated rings. The number of methoxy groups -OCH3 is 2. The first kappa shape index (κ1) is 15.7. The van der Waals surface area contributed by atoms with Crippen LogP contribution in [0.2, 0.25) is 0 Å². The number of aromatic nitrogens is 1. The molecule has 1 aliphatic rings. The molecule has 4 aromatic rings. The molecule has 6 heteroatoms. The Morgan fingerprint density at radius 3 is 2.38 bits per heavy atom. The van der Waals surface area contributed by atoms with E-state index in [2.05, 4.69) is 48.1 Å². The Morgan fingerprint density at radius 2 is 1.62 bits per heavy atom. The third kappa shape index (κ3) is 2.11. The van der Waals surface area contributed by atoms with Gasteiger partial charge in [-0.2, -0.15) is 0 Å². The average Bonchev–Trinajstić information content (AvgIpc) is 3.12. The van der Waals surface area contributed by atoms with Crippen molar-refractivity contribution in [2.75, 3.05) is 14.2 Å². The van der Waals surface area contributed by atoms with Gasteiger partial charge in [-0.3, -0.25) is 0 Å². The van der Waals surface area contributed by atoms with Crippen molar-refractivity contribution in [2.24, 2.45) is 7.05 Å². The van der Waals surface area contributed by atoms with Crippen LogP contribution < -0.4 is 42.2 Å². The topological polar surface area (TPSA) is 40.8 Å². The summed E-state index contributed by atoms with van der Waals surface area (Å²) in [6.45, 7) is 0. The Morgan fingerprint density at radius 1 is 0.846 bits per heavy atom. The molecule has 1 aromatic heterocycles. The summed E-state index contributed by atoms with van der Waals surface area (Å²) in [5.74, 6) is 3.16. The van der Waals surface area contributed by atoms with Gasteiger partial charge in [-0.05, 0) is 0 Å². The van der Waals surface area contributed by atoms with E-state index in [0.717, 1.165) is 55.4 Å². The zero-order valence-corrected chi connectivity index (χ0v) is 16.7. The van der Waals surface area contributed by atoms with Gasteiger partial charge in [0.15, 0.2) is 0 Å². The fraction of sp³-hybridized carbons (Fsp3) is 0.150. The Hall–Kier alpha value is -2.48. The fourth-order valence-corrected chi connectivity index (χ4v) is 4.85. The van der Waals surface area contributed by atoms with E-state index < -0.39 is 22.0 Å². The van der Waals surface area contributed by atoms with Gasteiger partial charge in [0, 0.05) is 0 Å². The summed E-state index contributed by atoms with van der Waals surface area (Å²) >= 11 is -0.682. The molecule has 0 atom stereocenters. The van der Waals surface area contributed by atoms with E-state index in [1.807, 2.05) is 6.07 Å². The van der Waals surface area contributed by atoms with Gasteiger partial charge in [0.2, 0.25) is 0 Å². The number of fused-ring (bicyclic) bond motifs is 6. The van der Waals surface area contributed by atoms with E-state index in [0.29, 0.717) is 0 Å². The summed E-state index contributed by atoms with van der Waals surface area (Å²) in [5.41, 5.74) is 1.15. The van der Waals surface area contributed by atoms with Crippen LogP contribution in [0, 0.1) is 0 Å². The van der Waals surface area contributed by atoms with Crippen LogP contribution in [0.1, 0.15) is 0 Å². The van der Waals surface area contributed by atoms with Crippen molar-refractivity contribution < 1.29 is 42.2 Å². The van der Waals surface area contributed by atoms with E-state index in [9.17, 15) is 0 Å². The van der Waals surface area contributed by atoms with Gasteiger partial charge < -0.3 is 0 Å². The number of pyridine rings is 1. The van der Waals surface area contributed by atoms with Crippen molar-refractivity contribution in [1.82, 2.24) is 0 Å². The summed E-state index contributed by atoms with van der Waals surface area (Å²) in [6.07, 6.45) is 2.09. The predicted octanol–water partition coefficient (Wildman–Crippen LogP) is 0.678. The normalized spacial score (nSPS) is 13.2. The number of hydrogen-bond donors (Lipinski definition) is 0. The van der Waals surface area contributed by atoms with Crippen LogP contribution in [-0.2, 0) is 7.05 Å². The van der Waals surface area contributed by atoms with Crippen LogP contribution in [0.5, 0.6) is 23.0 Å². The number of nitrogens with zero attached hydrogens (tertiary/aromatic N) is 1. The standard InChI is InChI=1S/C20H16INO4/c1-22-10-15-12(6-7-16(23-2)20(15)24-3)13-5-4-11-8-17-18(26-21-25-17)9-14(11)19(13)22/h4-10H,1-3H3. The van der Waals surface area contributed by atoms with Gasteiger partial charge in [0.1, 0.15) is 0 Å². The number of hydrogen-bond acceptors (Lipinski definition) is 4. The summed E-state index contributed by atoms with van der Waals surface area (Å²) in [5, 5.41) is 5.60. The molecular formula is C20H16INO4. The molecule has 26 heavy (non-hydrogen) atoms. The molecule has 5 nitrogen and oxygen atoms in total. The quantitative estimate of drug-likeness (QED) is 0.250. The van der Waals surface area contributed by atoms with Crippen molar-refractivity contribution >= 4 is 32.4 Å². The zero-order valence-electron chi connectivity index (χ0n) is 14.5. The molecule has 0 saturated heterocycles. The second-order valence-electron chi connectivity index (χ2n) is 6.20. The molecule has 1 aliphatic heterocycles. The number of benzene rings is 3. The summed E-state index contributed by atoms with van der Waals surface area (Å²) in [6, 6.07) is 12.5. The van der Waals surface area contributed by atoms with Crippen LogP contribution in [0.15, 0.2) is 42.6 Å². The van der Waals surface area contributed by atoms with Crippen LogP contribution >= 0.6 is 0 Å². The van der Waals surface area contributed by atoms with E-state index in [-0.39, 0.29) is 0 Å². The molecule has 0 N–H and O–H groups in total. The van der Waals surface area contributed by atoms with E-state index in [1.54, 1.807) is 14.2 Å². The number of aryl methyl sites for hydroxylation is 1. The Bertz CT molecular complexity index is 1210. The van der Waals surface area contributed by atoms with Crippen LogP contribution in [0.3, 0.4) is 0 Å². The second-order valence-corrected chi connectivity index (χ2v) is 7.44. The molecule has 0 unspecified atom stereocenters. The van der Waals surface area contributed by atoms with Crippen molar-refractivity contribution in [2.45, 2.75) is 0 Å². The first-order valence-electron chi connectivity index (χ1n) is 8.14. The van der Waals surface area contributed by atoms with Crippen LogP contribution in [-0.4, -0.2) is 14.2 Å². The molecule has 3 aromatic carbocycles. The summed E-state index contributed by atoms with van der Waals surface area (Å²) < 4.78 is 24.5. The third-order valence-corrected chi connectivity index (χ3v) is 6.14. The molecule has 5 rings (SSSR count). The monoisotopic (exact) mass is 461 g/mol. The fourth-order valence-electron chi connectivity index (χ4n) is 3.69. The SMILES string of the molecule is COc1ccc2c(c[n+](C)c3c4cc5c(cc4ccc23)O[I-]O5)c1OC. The molecule has 132 valence electrons. The van der Waals surface area contributed by atoms with Gasteiger partial charge >= 0.3 is 162 Å². The first-order valence-corrected chi connectivity index (χ1v) is 9.90. The second kappa shape index (κ2) is 5.77. The third-order valence-electron chi connectivity index (χ3n) is 4.83. The van der Waals surface area contributed by atoms with E-state index >= 15 is 0 Å².